The van der Waals surface area contributed by atoms with Crippen molar-refractivity contribution >= 4 is 22.6 Å². The monoisotopic (exact) mass is 282 g/mol. The fourth-order valence-corrected chi connectivity index (χ4v) is 3.92. The van der Waals surface area contributed by atoms with Crippen molar-refractivity contribution in [2.24, 2.45) is 4.99 Å². The van der Waals surface area contributed by atoms with E-state index in [0.717, 1.165) is 29.8 Å². The Kier molecular flexibility index (Phi) is 3.48. The quantitative estimate of drug-likeness (QED) is 0.835. The average molecular weight is 282 g/mol. The number of rotatable bonds is 1. The largest absolute Gasteiger partial charge is 0.333 e. The van der Waals surface area contributed by atoms with Crippen molar-refractivity contribution in [1.82, 2.24) is 0 Å². The van der Waals surface area contributed by atoms with Gasteiger partial charge in [-0.05, 0) is 25.0 Å². The third kappa shape index (κ3) is 2.76. The summed E-state index contributed by atoms with van der Waals surface area (Å²) in [7, 11) is 0. The van der Waals surface area contributed by atoms with Gasteiger partial charge in [-0.2, -0.15) is 0 Å². The highest BCUT2D eigenvalue weighted by Gasteiger charge is 2.36. The number of halogens is 2. The SMILES string of the molecule is Fc1ccc(NC2=NC3(CCCCC3)CS2)c(F)c1. The Morgan fingerprint density at radius 1 is 1.16 bits per heavy atom. The summed E-state index contributed by atoms with van der Waals surface area (Å²) in [6.07, 6.45) is 5.98. The number of thioether (sulfide) groups is 1. The van der Waals surface area contributed by atoms with Crippen LogP contribution in [0.3, 0.4) is 0 Å². The molecule has 1 aliphatic carbocycles. The molecule has 1 heterocycles. The third-order valence-corrected chi connectivity index (χ3v) is 4.92. The number of aliphatic imine (C=N–C) groups is 1. The minimum atomic E-state index is -0.576. The van der Waals surface area contributed by atoms with Crippen molar-refractivity contribution in [3.05, 3.63) is 29.8 Å². The van der Waals surface area contributed by atoms with Gasteiger partial charge in [0.05, 0.1) is 11.2 Å². The molecule has 1 aromatic carbocycles. The van der Waals surface area contributed by atoms with Gasteiger partial charge in [0.15, 0.2) is 5.17 Å². The Morgan fingerprint density at radius 3 is 2.68 bits per heavy atom. The predicted octanol–water partition coefficient (Wildman–Crippen LogP) is 4.18. The van der Waals surface area contributed by atoms with E-state index in [2.05, 4.69) is 5.32 Å². The van der Waals surface area contributed by atoms with Crippen LogP contribution in [0.5, 0.6) is 0 Å². The maximum atomic E-state index is 13.6. The van der Waals surface area contributed by atoms with Crippen LogP contribution in [0.1, 0.15) is 32.1 Å². The number of amidine groups is 1. The number of hydrogen-bond acceptors (Lipinski definition) is 3. The highest BCUT2D eigenvalue weighted by atomic mass is 32.2. The van der Waals surface area contributed by atoms with E-state index in [0.29, 0.717) is 5.69 Å². The molecule has 1 N–H and O–H groups in total. The molecule has 1 aromatic rings. The third-order valence-electron chi connectivity index (χ3n) is 3.77. The van der Waals surface area contributed by atoms with E-state index in [1.807, 2.05) is 0 Å². The van der Waals surface area contributed by atoms with Gasteiger partial charge in [0.2, 0.25) is 0 Å². The first-order valence-corrected chi connectivity index (χ1v) is 7.60. The van der Waals surface area contributed by atoms with Crippen molar-refractivity contribution in [3.8, 4) is 0 Å². The lowest BCUT2D eigenvalue weighted by molar-refractivity contribution is 0.335. The highest BCUT2D eigenvalue weighted by molar-refractivity contribution is 8.14. The normalized spacial score (nSPS) is 21.5. The van der Waals surface area contributed by atoms with Gasteiger partial charge in [-0.15, -0.1) is 0 Å². The van der Waals surface area contributed by atoms with Crippen LogP contribution in [0.2, 0.25) is 0 Å². The van der Waals surface area contributed by atoms with E-state index < -0.39 is 11.6 Å². The molecule has 0 amide bonds. The van der Waals surface area contributed by atoms with Crippen LogP contribution in [0, 0.1) is 11.6 Å². The zero-order valence-electron chi connectivity index (χ0n) is 10.6. The Balaban J connectivity index is 1.75. The van der Waals surface area contributed by atoms with Crippen molar-refractivity contribution in [2.75, 3.05) is 11.1 Å². The second kappa shape index (κ2) is 5.12. The second-order valence-electron chi connectivity index (χ2n) is 5.24. The maximum absolute atomic E-state index is 13.6. The van der Waals surface area contributed by atoms with Crippen LogP contribution in [0.15, 0.2) is 23.2 Å². The number of benzene rings is 1. The molecule has 2 nitrogen and oxygen atoms in total. The molecule has 5 heteroatoms. The number of nitrogens with one attached hydrogen (secondary N) is 1. The molecule has 19 heavy (non-hydrogen) atoms. The lowest BCUT2D eigenvalue weighted by Crippen LogP contribution is -2.29. The zero-order valence-corrected chi connectivity index (χ0v) is 11.4. The number of hydrogen-bond donors (Lipinski definition) is 1. The molecule has 1 saturated carbocycles. The summed E-state index contributed by atoms with van der Waals surface area (Å²) in [5, 5.41) is 3.74. The Labute approximate surface area is 115 Å². The van der Waals surface area contributed by atoms with E-state index in [1.54, 1.807) is 11.8 Å². The van der Waals surface area contributed by atoms with Gasteiger partial charge in [-0.3, -0.25) is 4.99 Å². The predicted molar refractivity (Wildman–Crippen MR) is 75.7 cm³/mol. The molecule has 3 rings (SSSR count). The molecule has 1 spiro atoms. The van der Waals surface area contributed by atoms with Crippen molar-refractivity contribution in [1.29, 1.82) is 0 Å². The highest BCUT2D eigenvalue weighted by Crippen LogP contribution is 2.40. The van der Waals surface area contributed by atoms with Crippen LogP contribution < -0.4 is 5.32 Å². The second-order valence-corrected chi connectivity index (χ2v) is 6.20. The fourth-order valence-electron chi connectivity index (χ4n) is 2.72. The number of nitrogens with zero attached hydrogens (tertiary/aromatic N) is 1. The first-order valence-electron chi connectivity index (χ1n) is 6.62. The minimum absolute atomic E-state index is 0.0573. The van der Waals surface area contributed by atoms with Crippen LogP contribution in [0.25, 0.3) is 0 Å². The molecular formula is C14H16F2N2S. The van der Waals surface area contributed by atoms with Crippen molar-refractivity contribution in [2.45, 2.75) is 37.6 Å². The number of anilines is 1. The topological polar surface area (TPSA) is 24.4 Å². The van der Waals surface area contributed by atoms with Crippen LogP contribution in [0.4, 0.5) is 14.5 Å². The molecule has 0 saturated heterocycles. The van der Waals surface area contributed by atoms with E-state index in [9.17, 15) is 8.78 Å². The summed E-state index contributed by atoms with van der Waals surface area (Å²) in [6, 6.07) is 3.56. The standard InChI is InChI=1S/C14H16F2N2S/c15-10-4-5-12(11(16)8-10)17-13-18-14(9-19-13)6-2-1-3-7-14/h4-5,8H,1-3,6-7,9H2,(H,17,18). The smallest absolute Gasteiger partial charge is 0.161 e. The van der Waals surface area contributed by atoms with Gasteiger partial charge in [-0.1, -0.05) is 31.0 Å². The van der Waals surface area contributed by atoms with Crippen LogP contribution in [-0.4, -0.2) is 16.5 Å². The van der Waals surface area contributed by atoms with E-state index in [4.69, 9.17) is 4.99 Å². The molecule has 1 fully saturated rings. The lowest BCUT2D eigenvalue weighted by Gasteiger charge is -2.29. The van der Waals surface area contributed by atoms with Gasteiger partial charge in [0.1, 0.15) is 11.6 Å². The summed E-state index contributed by atoms with van der Waals surface area (Å²) in [6.45, 7) is 0. The fraction of sp³-hybridized carbons (Fsp3) is 0.500. The molecule has 0 bridgehead atoms. The summed E-state index contributed by atoms with van der Waals surface area (Å²) in [5.41, 5.74) is 0.349. The van der Waals surface area contributed by atoms with Gasteiger partial charge < -0.3 is 5.32 Å². The molecule has 0 radical (unpaired) electrons. The summed E-state index contributed by atoms with van der Waals surface area (Å²) >= 11 is 1.63. The lowest BCUT2D eigenvalue weighted by atomic mass is 9.84. The Morgan fingerprint density at radius 2 is 1.95 bits per heavy atom. The molecule has 1 aliphatic heterocycles. The molecular weight excluding hydrogens is 266 g/mol. The zero-order chi connectivity index (χ0) is 13.3. The first kappa shape index (κ1) is 12.9. The average Bonchev–Trinajstić information content (AvgIpc) is 2.77. The summed E-state index contributed by atoms with van der Waals surface area (Å²) in [5.74, 6) is -0.168. The van der Waals surface area contributed by atoms with Gasteiger partial charge in [0.25, 0.3) is 0 Å². The van der Waals surface area contributed by atoms with Crippen molar-refractivity contribution < 1.29 is 8.78 Å². The maximum Gasteiger partial charge on any atom is 0.161 e. The minimum Gasteiger partial charge on any atom is -0.333 e. The van der Waals surface area contributed by atoms with Crippen molar-refractivity contribution in [3.63, 3.8) is 0 Å². The molecule has 2 aliphatic rings. The van der Waals surface area contributed by atoms with E-state index in [-0.39, 0.29) is 5.54 Å². The van der Waals surface area contributed by atoms with Crippen LogP contribution >= 0.6 is 11.8 Å². The van der Waals surface area contributed by atoms with Gasteiger partial charge >= 0.3 is 0 Å². The van der Waals surface area contributed by atoms with E-state index in [1.165, 1.54) is 31.4 Å². The summed E-state index contributed by atoms with van der Waals surface area (Å²) in [4.78, 5) is 4.75. The first-order chi connectivity index (χ1) is 9.17. The van der Waals surface area contributed by atoms with Gasteiger partial charge in [0, 0.05) is 11.8 Å². The molecule has 0 atom stereocenters. The molecule has 102 valence electrons. The van der Waals surface area contributed by atoms with E-state index >= 15 is 0 Å². The molecule has 0 aromatic heterocycles. The Bertz CT molecular complexity index is 510. The van der Waals surface area contributed by atoms with Crippen LogP contribution in [-0.2, 0) is 0 Å². The molecule has 0 unspecified atom stereocenters. The summed E-state index contributed by atoms with van der Waals surface area (Å²) < 4.78 is 26.4. The Hall–Kier alpha value is -1.10. The van der Waals surface area contributed by atoms with Gasteiger partial charge in [-0.25, -0.2) is 8.78 Å².